The van der Waals surface area contributed by atoms with Gasteiger partial charge in [-0.15, -0.1) is 0 Å². The summed E-state index contributed by atoms with van der Waals surface area (Å²) in [6.45, 7) is 4.88. The van der Waals surface area contributed by atoms with Crippen molar-refractivity contribution in [3.05, 3.63) is 0 Å². The molecular formula is C24H34O17. The van der Waals surface area contributed by atoms with E-state index in [0.29, 0.717) is 0 Å². The predicted molar refractivity (Wildman–Crippen MR) is 126 cm³/mol. The van der Waals surface area contributed by atoms with Crippen LogP contribution in [0.25, 0.3) is 0 Å². The molecule has 2 aliphatic rings. The van der Waals surface area contributed by atoms with Gasteiger partial charge in [-0.1, -0.05) is 0 Å². The molecule has 0 unspecified atom stereocenters. The van der Waals surface area contributed by atoms with Crippen LogP contribution in [0.4, 0.5) is 0 Å². The molecule has 2 heterocycles. The van der Waals surface area contributed by atoms with Crippen molar-refractivity contribution in [2.45, 2.75) is 103 Å². The van der Waals surface area contributed by atoms with Crippen LogP contribution >= 0.6 is 0 Å². The minimum Gasteiger partial charge on any atom is -0.456 e. The molecule has 2 rings (SSSR count). The first-order valence-corrected chi connectivity index (χ1v) is 12.4. The number of ether oxygens (including phenoxy) is 9. The summed E-state index contributed by atoms with van der Waals surface area (Å²) < 4.78 is 48.1. The zero-order chi connectivity index (χ0) is 31.0. The molecule has 2 saturated heterocycles. The number of rotatable bonds is 10. The van der Waals surface area contributed by atoms with Gasteiger partial charge < -0.3 is 52.8 Å². The van der Waals surface area contributed by atoms with Crippen molar-refractivity contribution in [3.8, 4) is 0 Å². The number of carbonyl (C=O) groups excluding carboxylic acids is 6. The third-order valence-corrected chi connectivity index (χ3v) is 5.62. The summed E-state index contributed by atoms with van der Waals surface area (Å²) >= 11 is 0. The van der Waals surface area contributed by atoms with Crippen LogP contribution in [-0.4, -0.2) is 121 Å². The Morgan fingerprint density at radius 1 is 0.537 bits per heavy atom. The lowest BCUT2D eigenvalue weighted by Gasteiger charge is -2.45. The minimum absolute atomic E-state index is 0.620. The summed E-state index contributed by atoms with van der Waals surface area (Å²) in [5.41, 5.74) is 0. The Balaban J connectivity index is 2.41. The molecule has 2 N–H and O–H groups in total. The van der Waals surface area contributed by atoms with Crippen molar-refractivity contribution in [3.63, 3.8) is 0 Å². The predicted octanol–water partition coefficient (Wildman–Crippen LogP) is -1.97. The average molecular weight is 595 g/mol. The molecule has 0 aliphatic carbocycles. The Bertz CT molecular complexity index is 981. The second-order valence-electron chi connectivity index (χ2n) is 9.07. The van der Waals surface area contributed by atoms with Crippen molar-refractivity contribution in [2.24, 2.45) is 0 Å². The van der Waals surface area contributed by atoms with Crippen molar-refractivity contribution in [2.75, 3.05) is 13.2 Å². The van der Waals surface area contributed by atoms with Gasteiger partial charge in [0.15, 0.2) is 49.2 Å². The van der Waals surface area contributed by atoms with Crippen LogP contribution in [0.3, 0.4) is 0 Å². The third-order valence-electron chi connectivity index (χ3n) is 5.62. The number of aliphatic hydroxyl groups excluding tert-OH is 2. The van der Waals surface area contributed by atoms with Crippen LogP contribution in [0, 0.1) is 0 Å². The first kappa shape index (κ1) is 33.8. The van der Waals surface area contributed by atoms with Crippen LogP contribution in [-0.2, 0) is 71.4 Å². The first-order chi connectivity index (χ1) is 19.1. The highest BCUT2D eigenvalue weighted by Crippen LogP contribution is 2.32. The van der Waals surface area contributed by atoms with E-state index in [1.54, 1.807) is 0 Å². The van der Waals surface area contributed by atoms with Gasteiger partial charge in [-0.25, -0.2) is 0 Å². The van der Waals surface area contributed by atoms with Crippen molar-refractivity contribution in [1.82, 2.24) is 0 Å². The summed E-state index contributed by atoms with van der Waals surface area (Å²) in [6, 6.07) is 0. The maximum absolute atomic E-state index is 11.9. The van der Waals surface area contributed by atoms with E-state index >= 15 is 0 Å². The minimum atomic E-state index is -1.88. The van der Waals surface area contributed by atoms with Gasteiger partial charge in [0, 0.05) is 41.5 Å². The fourth-order valence-electron chi connectivity index (χ4n) is 4.33. The molecule has 0 radical (unpaired) electrons. The molecular weight excluding hydrogens is 560 g/mol. The molecule has 0 aromatic carbocycles. The summed E-state index contributed by atoms with van der Waals surface area (Å²) in [6.07, 6.45) is -15.3. The standard InChI is InChI=1S/C24H34O17/c1-9(26)34-17-15(7-25)41-24(22(39-14(6)31)20(17)37-12(4)29)33-8-16-18(35-10(2)27)19(36-11(3)28)21(23(32)40-16)38-13(5)30/h15-25,32H,7-8H2,1-6H3/t15-,16-,17-,18-,19+,20+,21-,22-,23-,24-/m1/s1. The van der Waals surface area contributed by atoms with Crippen LogP contribution < -0.4 is 0 Å². The highest BCUT2D eigenvalue weighted by molar-refractivity contribution is 5.69. The molecule has 17 nitrogen and oxygen atoms in total. The topological polar surface area (TPSA) is 226 Å². The molecule has 2 fully saturated rings. The first-order valence-electron chi connectivity index (χ1n) is 12.4. The van der Waals surface area contributed by atoms with E-state index in [4.69, 9.17) is 42.6 Å². The Morgan fingerprint density at radius 2 is 0.902 bits per heavy atom. The van der Waals surface area contributed by atoms with E-state index in [1.807, 2.05) is 0 Å². The van der Waals surface area contributed by atoms with E-state index in [0.717, 1.165) is 41.5 Å². The Morgan fingerprint density at radius 3 is 1.34 bits per heavy atom. The molecule has 0 aromatic heterocycles. The normalized spacial score (nSPS) is 33.1. The summed E-state index contributed by atoms with van der Waals surface area (Å²) in [7, 11) is 0. The number of esters is 6. The molecule has 0 amide bonds. The van der Waals surface area contributed by atoms with Crippen molar-refractivity contribution >= 4 is 35.8 Å². The maximum Gasteiger partial charge on any atom is 0.303 e. The van der Waals surface area contributed by atoms with E-state index in [2.05, 4.69) is 0 Å². The fourth-order valence-corrected chi connectivity index (χ4v) is 4.33. The van der Waals surface area contributed by atoms with Gasteiger partial charge in [0.05, 0.1) is 13.2 Å². The second kappa shape index (κ2) is 15.0. The SMILES string of the molecule is CC(=O)O[C@@H]1[C@@H](OC(C)=O)[C@H](O)O[C@H](CO[C@@H]2O[C@H](CO)[C@@H](OC(C)=O)[C@H](OC(C)=O)[C@H]2OC(C)=O)[C@H]1OC(C)=O. The van der Waals surface area contributed by atoms with E-state index in [-0.39, 0.29) is 0 Å². The van der Waals surface area contributed by atoms with Crippen LogP contribution in [0.1, 0.15) is 41.5 Å². The third kappa shape index (κ3) is 9.60. The lowest BCUT2D eigenvalue weighted by Crippen LogP contribution is -2.64. The zero-order valence-electron chi connectivity index (χ0n) is 23.2. The van der Waals surface area contributed by atoms with Crippen molar-refractivity contribution < 1.29 is 81.6 Å². The Kier molecular flexibility index (Phi) is 12.4. The molecule has 0 bridgehead atoms. The molecule has 41 heavy (non-hydrogen) atoms. The molecule has 0 aromatic rings. The summed E-state index contributed by atoms with van der Waals surface area (Å²) in [5, 5.41) is 20.4. The molecule has 232 valence electrons. The van der Waals surface area contributed by atoms with Gasteiger partial charge in [0.1, 0.15) is 12.2 Å². The molecule has 2 aliphatic heterocycles. The smallest absolute Gasteiger partial charge is 0.303 e. The van der Waals surface area contributed by atoms with E-state index in [9.17, 15) is 39.0 Å². The summed E-state index contributed by atoms with van der Waals surface area (Å²) in [4.78, 5) is 70.8. The molecule has 0 saturated carbocycles. The fraction of sp³-hybridized carbons (Fsp3) is 0.750. The number of aliphatic hydroxyl groups is 2. The van der Waals surface area contributed by atoms with Gasteiger partial charge in [0.25, 0.3) is 0 Å². The van der Waals surface area contributed by atoms with Gasteiger partial charge in [-0.3, -0.25) is 28.8 Å². The van der Waals surface area contributed by atoms with Crippen molar-refractivity contribution in [1.29, 1.82) is 0 Å². The monoisotopic (exact) mass is 594 g/mol. The zero-order valence-corrected chi connectivity index (χ0v) is 23.2. The lowest BCUT2D eigenvalue weighted by molar-refractivity contribution is -0.330. The quantitative estimate of drug-likeness (QED) is 0.206. The number of hydrogen-bond donors (Lipinski definition) is 2. The highest BCUT2D eigenvalue weighted by Gasteiger charge is 2.54. The molecule has 0 spiro atoms. The number of carbonyl (C=O) groups is 6. The van der Waals surface area contributed by atoms with Crippen LogP contribution in [0.5, 0.6) is 0 Å². The highest BCUT2D eigenvalue weighted by atomic mass is 16.7. The van der Waals surface area contributed by atoms with Crippen LogP contribution in [0.15, 0.2) is 0 Å². The Hall–Kier alpha value is -3.38. The Labute approximate surface area is 234 Å². The van der Waals surface area contributed by atoms with E-state index < -0.39 is 110 Å². The second-order valence-corrected chi connectivity index (χ2v) is 9.07. The molecule has 10 atom stereocenters. The van der Waals surface area contributed by atoms with Gasteiger partial charge in [-0.2, -0.15) is 0 Å². The molecule has 17 heteroatoms. The van der Waals surface area contributed by atoms with Gasteiger partial charge in [0.2, 0.25) is 0 Å². The van der Waals surface area contributed by atoms with Crippen LogP contribution in [0.2, 0.25) is 0 Å². The number of hydrogen-bond acceptors (Lipinski definition) is 17. The largest absolute Gasteiger partial charge is 0.456 e. The average Bonchev–Trinajstić information content (AvgIpc) is 2.83. The van der Waals surface area contributed by atoms with Gasteiger partial charge in [-0.05, 0) is 0 Å². The summed E-state index contributed by atoms with van der Waals surface area (Å²) in [5.74, 6) is -5.12. The lowest BCUT2D eigenvalue weighted by atomic mass is 9.97. The maximum atomic E-state index is 11.9. The van der Waals surface area contributed by atoms with Gasteiger partial charge >= 0.3 is 35.8 Å². The van der Waals surface area contributed by atoms with E-state index in [1.165, 1.54) is 0 Å².